The van der Waals surface area contributed by atoms with E-state index in [0.29, 0.717) is 0 Å². The van der Waals surface area contributed by atoms with Crippen molar-refractivity contribution in [3.63, 3.8) is 0 Å². The van der Waals surface area contributed by atoms with Crippen LogP contribution >= 0.6 is 0 Å². The van der Waals surface area contributed by atoms with Crippen molar-refractivity contribution in [1.82, 2.24) is 0 Å². The highest BCUT2D eigenvalue weighted by Gasteiger charge is 2.44. The van der Waals surface area contributed by atoms with Crippen LogP contribution in [0.1, 0.15) is 102 Å². The fraction of sp³-hybridized carbons (Fsp3) is 1.00. The molecular weight excluding hydrogens is 315 g/mol. The molecule has 0 saturated heterocycles. The molecule has 0 aliphatic heterocycles. The van der Waals surface area contributed by atoms with Crippen LogP contribution < -0.4 is 0 Å². The summed E-state index contributed by atoms with van der Waals surface area (Å²) in [5.41, 5.74) is 0. The van der Waals surface area contributed by atoms with E-state index in [9.17, 15) is 0 Å². The molecule has 0 aromatic rings. The highest BCUT2D eigenvalue weighted by Crippen LogP contribution is 2.49. The van der Waals surface area contributed by atoms with Gasteiger partial charge in [0.2, 0.25) is 0 Å². The smallest absolute Gasteiger partial charge is 0.0792 e. The average molecular weight is 367 g/mol. The molecule has 150 valence electrons. The normalized spacial score (nSPS) is 16.6. The van der Waals surface area contributed by atoms with Crippen LogP contribution in [0.25, 0.3) is 0 Å². The highest BCUT2D eigenvalue weighted by atomic mass is 27.2. The molecule has 0 aromatic heterocycles. The van der Waals surface area contributed by atoms with E-state index in [1.165, 1.54) is 19.3 Å². The molecule has 0 aromatic carbocycles. The molecule has 0 nitrogen and oxygen atoms in total. The minimum absolute atomic E-state index is 0.834. The molecular formula is C24H51Al. The SMILES string of the molecule is CC(C)C[CH](C(C)C)[Al]([CH](CC(C)C)C(C)C)[CH](CC(C)C)C(C)C. The Morgan fingerprint density at radius 3 is 0.720 bits per heavy atom. The lowest BCUT2D eigenvalue weighted by molar-refractivity contribution is 0.391. The Bertz CT molecular complexity index is 275. The lowest BCUT2D eigenvalue weighted by atomic mass is 9.97. The van der Waals surface area contributed by atoms with Crippen LogP contribution in [0.4, 0.5) is 0 Å². The summed E-state index contributed by atoms with van der Waals surface area (Å²) in [5.74, 6) is 5.05. The maximum Gasteiger partial charge on any atom is 0.273 e. The maximum absolute atomic E-state index is 2.52. The molecule has 0 rings (SSSR count). The average Bonchev–Trinajstić information content (AvgIpc) is 2.42. The molecule has 0 heterocycles. The third-order valence-electron chi connectivity index (χ3n) is 6.28. The monoisotopic (exact) mass is 366 g/mol. The van der Waals surface area contributed by atoms with Gasteiger partial charge in [0.05, 0.1) is 0 Å². The number of rotatable bonds is 12. The lowest BCUT2D eigenvalue weighted by Gasteiger charge is -2.43. The molecule has 0 spiro atoms. The molecule has 0 N–H and O–H groups in total. The molecule has 0 saturated carbocycles. The maximum atomic E-state index is 2.52. The molecule has 0 amide bonds. The van der Waals surface area contributed by atoms with Crippen LogP contribution in [0.5, 0.6) is 0 Å². The van der Waals surface area contributed by atoms with E-state index in [4.69, 9.17) is 0 Å². The zero-order valence-electron chi connectivity index (χ0n) is 19.9. The van der Waals surface area contributed by atoms with Crippen molar-refractivity contribution in [2.24, 2.45) is 35.5 Å². The molecule has 0 fully saturated rings. The summed E-state index contributed by atoms with van der Waals surface area (Å²) >= 11 is -0.921. The van der Waals surface area contributed by atoms with E-state index in [1.54, 1.807) is 0 Å². The van der Waals surface area contributed by atoms with Gasteiger partial charge >= 0.3 is 0 Å². The third-order valence-corrected chi connectivity index (χ3v) is 12.4. The zero-order valence-corrected chi connectivity index (χ0v) is 21.0. The van der Waals surface area contributed by atoms with Crippen LogP contribution in [0, 0.1) is 35.5 Å². The highest BCUT2D eigenvalue weighted by molar-refractivity contribution is 6.64. The molecule has 0 aliphatic rings. The quantitative estimate of drug-likeness (QED) is 0.303. The predicted molar refractivity (Wildman–Crippen MR) is 120 cm³/mol. The Morgan fingerprint density at radius 2 is 0.600 bits per heavy atom. The van der Waals surface area contributed by atoms with Crippen molar-refractivity contribution in [1.29, 1.82) is 0 Å². The fourth-order valence-electron chi connectivity index (χ4n) is 5.21. The summed E-state index contributed by atoms with van der Waals surface area (Å²) in [4.78, 5) is 0. The van der Waals surface area contributed by atoms with Crippen LogP contribution in [0.2, 0.25) is 14.3 Å². The van der Waals surface area contributed by atoms with Crippen molar-refractivity contribution in [3.8, 4) is 0 Å². The van der Waals surface area contributed by atoms with Crippen LogP contribution in [0.15, 0.2) is 0 Å². The first kappa shape index (κ1) is 25.5. The van der Waals surface area contributed by atoms with Gasteiger partial charge in [-0.2, -0.15) is 0 Å². The van der Waals surface area contributed by atoms with E-state index >= 15 is 0 Å². The van der Waals surface area contributed by atoms with Crippen LogP contribution in [-0.4, -0.2) is 14.1 Å². The summed E-state index contributed by atoms with van der Waals surface area (Å²) in [6.07, 6.45) is 4.37. The molecule has 0 bridgehead atoms. The predicted octanol–water partition coefficient (Wildman–Crippen LogP) is 8.70. The van der Waals surface area contributed by atoms with Gasteiger partial charge in [0.15, 0.2) is 0 Å². The van der Waals surface area contributed by atoms with Gasteiger partial charge in [-0.15, -0.1) is 0 Å². The van der Waals surface area contributed by atoms with E-state index in [2.05, 4.69) is 83.1 Å². The minimum atomic E-state index is -0.921. The van der Waals surface area contributed by atoms with Crippen molar-refractivity contribution < 1.29 is 0 Å². The molecule has 3 atom stereocenters. The van der Waals surface area contributed by atoms with Crippen molar-refractivity contribution in [3.05, 3.63) is 0 Å². The first-order chi connectivity index (χ1) is 11.4. The van der Waals surface area contributed by atoms with E-state index in [-0.39, 0.29) is 0 Å². The lowest BCUT2D eigenvalue weighted by Crippen LogP contribution is -2.40. The topological polar surface area (TPSA) is 0 Å². The van der Waals surface area contributed by atoms with Gasteiger partial charge in [0.1, 0.15) is 0 Å². The van der Waals surface area contributed by atoms with E-state index in [1.807, 2.05) is 0 Å². The van der Waals surface area contributed by atoms with Gasteiger partial charge in [-0.3, -0.25) is 0 Å². The fourth-order valence-corrected chi connectivity index (χ4v) is 12.4. The van der Waals surface area contributed by atoms with Crippen molar-refractivity contribution in [2.45, 2.75) is 117 Å². The molecule has 25 heavy (non-hydrogen) atoms. The molecule has 0 aliphatic carbocycles. The van der Waals surface area contributed by atoms with E-state index in [0.717, 1.165) is 49.8 Å². The summed E-state index contributed by atoms with van der Waals surface area (Å²) in [5, 5.41) is 0. The second-order valence-electron chi connectivity index (χ2n) is 11.2. The van der Waals surface area contributed by atoms with Crippen molar-refractivity contribution in [2.75, 3.05) is 0 Å². The van der Waals surface area contributed by atoms with Crippen LogP contribution in [0.3, 0.4) is 0 Å². The standard InChI is InChI=1S/3C8H17.Al/c3*1-7(2)5-6-8(3)4;/h3*5,7-8H,6H2,1-4H3;. The van der Waals surface area contributed by atoms with Gasteiger partial charge in [0.25, 0.3) is 14.1 Å². The zero-order chi connectivity index (χ0) is 19.9. The summed E-state index contributed by atoms with van der Waals surface area (Å²) in [6.45, 7) is 29.8. The Balaban J connectivity index is 6.01. The first-order valence-corrected chi connectivity index (χ1v) is 13.4. The summed E-state index contributed by atoms with van der Waals surface area (Å²) in [7, 11) is 0. The van der Waals surface area contributed by atoms with Gasteiger partial charge < -0.3 is 0 Å². The number of hydrogen-bond acceptors (Lipinski definition) is 0. The minimum Gasteiger partial charge on any atom is -0.0792 e. The van der Waals surface area contributed by atoms with Crippen LogP contribution in [-0.2, 0) is 0 Å². The van der Waals surface area contributed by atoms with Gasteiger partial charge in [0, 0.05) is 0 Å². The summed E-state index contributed by atoms with van der Waals surface area (Å²) < 4.78 is 2.99. The second kappa shape index (κ2) is 12.1. The first-order valence-electron chi connectivity index (χ1n) is 11.4. The summed E-state index contributed by atoms with van der Waals surface area (Å²) in [6, 6.07) is 0. The molecule has 1 heteroatoms. The van der Waals surface area contributed by atoms with Gasteiger partial charge in [-0.25, -0.2) is 0 Å². The Morgan fingerprint density at radius 1 is 0.400 bits per heavy atom. The second-order valence-corrected chi connectivity index (χ2v) is 14.9. The number of hydrogen-bond donors (Lipinski definition) is 0. The van der Waals surface area contributed by atoms with Gasteiger partial charge in [-0.05, 0) is 17.8 Å². The Kier molecular flexibility index (Phi) is 12.3. The Labute approximate surface area is 166 Å². The van der Waals surface area contributed by atoms with Gasteiger partial charge in [-0.1, -0.05) is 134 Å². The largest absolute Gasteiger partial charge is 0.273 e. The van der Waals surface area contributed by atoms with E-state index < -0.39 is 14.1 Å². The van der Waals surface area contributed by atoms with Crippen molar-refractivity contribution >= 4 is 14.1 Å². The molecule has 3 unspecified atom stereocenters. The third kappa shape index (κ3) is 9.33. The molecule has 0 radical (unpaired) electrons. The Hall–Kier alpha value is 0.532.